The van der Waals surface area contributed by atoms with Crippen LogP contribution in [-0.4, -0.2) is 25.7 Å². The highest BCUT2D eigenvalue weighted by atomic mass is 32.2. The van der Waals surface area contributed by atoms with E-state index in [0.717, 1.165) is 6.07 Å². The molecule has 0 fully saturated rings. The quantitative estimate of drug-likeness (QED) is 0.675. The van der Waals surface area contributed by atoms with Gasteiger partial charge in [-0.2, -0.15) is 0 Å². The number of carbonyl (C=O) groups is 1. The third-order valence-electron chi connectivity index (χ3n) is 2.28. The highest BCUT2D eigenvalue weighted by Gasteiger charge is 2.24. The largest absolute Gasteiger partial charge is 0.459 e. The second kappa shape index (κ2) is 5.78. The Balaban J connectivity index is 2.84. The predicted octanol–water partition coefficient (Wildman–Crippen LogP) is 1.66. The third-order valence-corrected chi connectivity index (χ3v) is 3.68. The van der Waals surface area contributed by atoms with E-state index in [4.69, 9.17) is 10.5 Å². The minimum atomic E-state index is -3.85. The maximum atomic E-state index is 13.5. The molecule has 2 N–H and O–H groups in total. The average molecular weight is 303 g/mol. The molecule has 1 rings (SSSR count). The van der Waals surface area contributed by atoms with E-state index in [0.29, 0.717) is 0 Å². The molecule has 0 bridgehead atoms. The highest BCUT2D eigenvalue weighted by Crippen LogP contribution is 2.19. The first-order valence-electron chi connectivity index (χ1n) is 5.95. The first-order valence-corrected chi connectivity index (χ1v) is 7.77. The van der Waals surface area contributed by atoms with Crippen molar-refractivity contribution >= 4 is 21.5 Å². The molecule has 0 aliphatic heterocycles. The smallest absolute Gasteiger partial charge is 0.321 e. The van der Waals surface area contributed by atoms with Gasteiger partial charge in [-0.25, -0.2) is 12.8 Å². The van der Waals surface area contributed by atoms with E-state index >= 15 is 0 Å². The number of anilines is 1. The fraction of sp³-hybridized carbons (Fsp3) is 0.462. The average Bonchev–Trinajstić information content (AvgIpc) is 2.19. The Kier molecular flexibility index (Phi) is 4.75. The molecule has 0 amide bonds. The summed E-state index contributed by atoms with van der Waals surface area (Å²) in [6.07, 6.45) is 0. The van der Waals surface area contributed by atoms with Crippen LogP contribution in [0.3, 0.4) is 0 Å². The van der Waals surface area contributed by atoms with Crippen molar-refractivity contribution in [3.63, 3.8) is 0 Å². The zero-order chi connectivity index (χ0) is 15.6. The lowest BCUT2D eigenvalue weighted by Gasteiger charge is -2.19. The van der Waals surface area contributed by atoms with Crippen LogP contribution in [0.15, 0.2) is 18.2 Å². The number of sulfone groups is 1. The lowest BCUT2D eigenvalue weighted by atomic mass is 10.2. The lowest BCUT2D eigenvalue weighted by molar-refractivity contribution is -0.151. The van der Waals surface area contributed by atoms with Gasteiger partial charge < -0.3 is 10.5 Å². The molecule has 0 saturated heterocycles. The summed E-state index contributed by atoms with van der Waals surface area (Å²) in [7, 11) is -3.85. The van der Waals surface area contributed by atoms with E-state index < -0.39 is 38.7 Å². The molecule has 0 radical (unpaired) electrons. The maximum absolute atomic E-state index is 13.5. The Hall–Kier alpha value is -1.63. The first kappa shape index (κ1) is 16.4. The number of carbonyl (C=O) groups excluding carboxylic acids is 1. The van der Waals surface area contributed by atoms with Gasteiger partial charge in [0.2, 0.25) is 0 Å². The second-order valence-corrected chi connectivity index (χ2v) is 7.49. The third kappa shape index (κ3) is 5.16. The van der Waals surface area contributed by atoms with Crippen LogP contribution in [0.2, 0.25) is 0 Å². The van der Waals surface area contributed by atoms with Crippen molar-refractivity contribution < 1.29 is 22.3 Å². The number of halogens is 1. The molecule has 1 aromatic rings. The van der Waals surface area contributed by atoms with Crippen molar-refractivity contribution in [1.29, 1.82) is 0 Å². The predicted molar refractivity (Wildman–Crippen MR) is 74.1 cm³/mol. The number of hydrogen-bond acceptors (Lipinski definition) is 5. The molecule has 1 aromatic carbocycles. The van der Waals surface area contributed by atoms with Gasteiger partial charge >= 0.3 is 5.97 Å². The molecule has 7 heteroatoms. The fourth-order valence-corrected chi connectivity index (χ4v) is 2.81. The SMILES string of the molecule is CC(C)(C)OC(=O)CS(=O)(=O)Cc1c(N)cccc1F. The lowest BCUT2D eigenvalue weighted by Crippen LogP contribution is -2.29. The van der Waals surface area contributed by atoms with Gasteiger partial charge in [-0.15, -0.1) is 0 Å². The topological polar surface area (TPSA) is 86.5 Å². The summed E-state index contributed by atoms with van der Waals surface area (Å²) in [6.45, 7) is 4.89. The van der Waals surface area contributed by atoms with Gasteiger partial charge in [-0.3, -0.25) is 4.79 Å². The van der Waals surface area contributed by atoms with E-state index in [2.05, 4.69) is 0 Å². The second-order valence-electron chi connectivity index (χ2n) is 5.43. The number of nitrogens with two attached hydrogens (primary N) is 1. The number of nitrogen functional groups attached to an aromatic ring is 1. The van der Waals surface area contributed by atoms with E-state index in [-0.39, 0.29) is 11.3 Å². The molecule has 0 saturated carbocycles. The summed E-state index contributed by atoms with van der Waals surface area (Å²) in [5.74, 6) is -3.02. The van der Waals surface area contributed by atoms with Crippen molar-refractivity contribution in [2.24, 2.45) is 0 Å². The summed E-state index contributed by atoms with van der Waals surface area (Å²) in [5, 5.41) is 0. The van der Waals surface area contributed by atoms with Crippen LogP contribution in [0.1, 0.15) is 26.3 Å². The fourth-order valence-electron chi connectivity index (χ4n) is 1.55. The van der Waals surface area contributed by atoms with Gasteiger partial charge in [0, 0.05) is 11.3 Å². The van der Waals surface area contributed by atoms with Crippen LogP contribution < -0.4 is 5.73 Å². The minimum Gasteiger partial charge on any atom is -0.459 e. The van der Waals surface area contributed by atoms with Crippen LogP contribution in [-0.2, 0) is 25.1 Å². The number of benzene rings is 1. The zero-order valence-corrected chi connectivity index (χ0v) is 12.5. The summed E-state index contributed by atoms with van der Waals surface area (Å²) in [5.41, 5.74) is 4.68. The van der Waals surface area contributed by atoms with Crippen LogP contribution >= 0.6 is 0 Å². The molecule has 0 aliphatic carbocycles. The van der Waals surface area contributed by atoms with Crippen molar-refractivity contribution in [3.05, 3.63) is 29.6 Å². The molecule has 0 aromatic heterocycles. The summed E-state index contributed by atoms with van der Waals surface area (Å²) < 4.78 is 42.2. The molecule has 0 heterocycles. The summed E-state index contributed by atoms with van der Waals surface area (Å²) in [4.78, 5) is 11.5. The van der Waals surface area contributed by atoms with E-state index in [9.17, 15) is 17.6 Å². The van der Waals surface area contributed by atoms with Crippen molar-refractivity contribution in [2.75, 3.05) is 11.5 Å². The number of esters is 1. The van der Waals surface area contributed by atoms with Gasteiger partial charge in [-0.05, 0) is 32.9 Å². The van der Waals surface area contributed by atoms with E-state index in [1.165, 1.54) is 12.1 Å². The van der Waals surface area contributed by atoms with Crippen LogP contribution in [0.5, 0.6) is 0 Å². The molecule has 0 spiro atoms. The van der Waals surface area contributed by atoms with E-state index in [1.807, 2.05) is 0 Å². The molecule has 112 valence electrons. The zero-order valence-electron chi connectivity index (χ0n) is 11.6. The van der Waals surface area contributed by atoms with Crippen LogP contribution in [0.4, 0.5) is 10.1 Å². The molecule has 0 atom stereocenters. The van der Waals surface area contributed by atoms with Crippen LogP contribution in [0, 0.1) is 5.82 Å². The van der Waals surface area contributed by atoms with Gasteiger partial charge in [0.25, 0.3) is 0 Å². The van der Waals surface area contributed by atoms with Crippen molar-refractivity contribution in [2.45, 2.75) is 32.1 Å². The standard InChI is InChI=1S/C13H18FNO4S/c1-13(2,3)19-12(16)8-20(17,18)7-9-10(14)5-4-6-11(9)15/h4-6H,7-8,15H2,1-3H3. The summed E-state index contributed by atoms with van der Waals surface area (Å²) in [6, 6.07) is 3.91. The van der Waals surface area contributed by atoms with Gasteiger partial charge in [0.15, 0.2) is 9.84 Å². The monoisotopic (exact) mass is 303 g/mol. The molecule has 20 heavy (non-hydrogen) atoms. The van der Waals surface area contributed by atoms with Crippen molar-refractivity contribution in [3.8, 4) is 0 Å². The van der Waals surface area contributed by atoms with Crippen molar-refractivity contribution in [1.82, 2.24) is 0 Å². The van der Waals surface area contributed by atoms with Gasteiger partial charge in [-0.1, -0.05) is 6.07 Å². The maximum Gasteiger partial charge on any atom is 0.321 e. The van der Waals surface area contributed by atoms with Gasteiger partial charge in [0.05, 0.1) is 5.75 Å². The molecule has 5 nitrogen and oxygen atoms in total. The number of hydrogen-bond donors (Lipinski definition) is 1. The molecule has 0 aliphatic rings. The Morgan fingerprint density at radius 3 is 2.45 bits per heavy atom. The summed E-state index contributed by atoms with van der Waals surface area (Å²) >= 11 is 0. The van der Waals surface area contributed by atoms with Crippen LogP contribution in [0.25, 0.3) is 0 Å². The Labute approximate surface area is 117 Å². The molecule has 0 unspecified atom stereocenters. The number of ether oxygens (including phenoxy) is 1. The highest BCUT2D eigenvalue weighted by molar-refractivity contribution is 7.91. The first-order chi connectivity index (χ1) is 9.00. The Bertz CT molecular complexity index is 585. The number of rotatable bonds is 4. The van der Waals surface area contributed by atoms with E-state index in [1.54, 1.807) is 20.8 Å². The molecular weight excluding hydrogens is 285 g/mol. The Morgan fingerprint density at radius 2 is 1.95 bits per heavy atom. The Morgan fingerprint density at radius 1 is 1.35 bits per heavy atom. The normalized spacial score (nSPS) is 12.2. The van der Waals surface area contributed by atoms with Gasteiger partial charge in [0.1, 0.15) is 17.2 Å². The molecular formula is C13H18FNO4S. The minimum absolute atomic E-state index is 0.0396.